The van der Waals surface area contributed by atoms with Crippen LogP contribution in [0.2, 0.25) is 0 Å². The van der Waals surface area contributed by atoms with Crippen molar-refractivity contribution in [2.75, 3.05) is 0 Å². The van der Waals surface area contributed by atoms with E-state index in [0.717, 1.165) is 5.75 Å². The molecule has 0 fully saturated rings. The summed E-state index contributed by atoms with van der Waals surface area (Å²) in [4.78, 5) is 8.29. The number of rotatable bonds is 4. The molecule has 94 valence electrons. The van der Waals surface area contributed by atoms with Crippen molar-refractivity contribution < 1.29 is 4.74 Å². The van der Waals surface area contributed by atoms with Gasteiger partial charge in [0.25, 0.3) is 0 Å². The monoisotopic (exact) mass is 243 g/mol. The zero-order valence-corrected chi connectivity index (χ0v) is 10.6. The summed E-state index contributed by atoms with van der Waals surface area (Å²) in [7, 11) is 0. The molecule has 1 heterocycles. The van der Waals surface area contributed by atoms with Crippen LogP contribution < -0.4 is 10.5 Å². The minimum Gasteiger partial charge on any atom is -0.437 e. The van der Waals surface area contributed by atoms with Crippen molar-refractivity contribution in [1.82, 2.24) is 9.97 Å². The lowest BCUT2D eigenvalue weighted by Crippen LogP contribution is -2.01. The zero-order chi connectivity index (χ0) is 13.0. The number of hydrogen-bond donors (Lipinski definition) is 1. The molecule has 4 heteroatoms. The predicted molar refractivity (Wildman–Crippen MR) is 70.5 cm³/mol. The van der Waals surface area contributed by atoms with Gasteiger partial charge in [-0.3, -0.25) is 4.98 Å². The van der Waals surface area contributed by atoms with E-state index in [2.05, 4.69) is 29.9 Å². The Kier molecular flexibility index (Phi) is 3.89. The van der Waals surface area contributed by atoms with Crippen LogP contribution in [0.25, 0.3) is 0 Å². The largest absolute Gasteiger partial charge is 0.437 e. The van der Waals surface area contributed by atoms with Gasteiger partial charge in [-0.2, -0.15) is 0 Å². The molecule has 0 aliphatic heterocycles. The van der Waals surface area contributed by atoms with E-state index in [1.807, 2.05) is 18.2 Å². The van der Waals surface area contributed by atoms with Crippen LogP contribution in [0.4, 0.5) is 0 Å². The summed E-state index contributed by atoms with van der Waals surface area (Å²) in [6.45, 7) is 4.65. The minimum absolute atomic E-state index is 0.357. The first-order valence-corrected chi connectivity index (χ1v) is 5.98. The number of hydrogen-bond acceptors (Lipinski definition) is 4. The van der Waals surface area contributed by atoms with Gasteiger partial charge in [-0.25, -0.2) is 4.98 Å². The van der Waals surface area contributed by atoms with Gasteiger partial charge in [-0.15, -0.1) is 0 Å². The van der Waals surface area contributed by atoms with Gasteiger partial charge in [0.15, 0.2) is 0 Å². The Hall–Kier alpha value is -1.94. The van der Waals surface area contributed by atoms with Gasteiger partial charge in [0.05, 0.1) is 11.9 Å². The standard InChI is InChI=1S/C14H17N3O/c1-10(2)11-4-3-5-13(6-11)18-14-9-16-8-12(7-15)17-14/h3-6,8-10H,7,15H2,1-2H3. The fourth-order valence-corrected chi connectivity index (χ4v) is 1.59. The Labute approximate surface area is 107 Å². The van der Waals surface area contributed by atoms with Gasteiger partial charge < -0.3 is 10.5 Å². The first kappa shape index (κ1) is 12.5. The van der Waals surface area contributed by atoms with Crippen molar-refractivity contribution in [2.45, 2.75) is 26.3 Å². The molecule has 0 atom stereocenters. The first-order valence-electron chi connectivity index (χ1n) is 5.98. The summed E-state index contributed by atoms with van der Waals surface area (Å²) in [5, 5.41) is 0. The fourth-order valence-electron chi connectivity index (χ4n) is 1.59. The number of benzene rings is 1. The fraction of sp³-hybridized carbons (Fsp3) is 0.286. The van der Waals surface area contributed by atoms with Crippen molar-refractivity contribution in [2.24, 2.45) is 5.73 Å². The van der Waals surface area contributed by atoms with Crippen molar-refractivity contribution in [1.29, 1.82) is 0 Å². The lowest BCUT2D eigenvalue weighted by Gasteiger charge is -2.09. The molecular formula is C14H17N3O. The van der Waals surface area contributed by atoms with Crippen molar-refractivity contribution >= 4 is 0 Å². The van der Waals surface area contributed by atoms with E-state index in [0.29, 0.717) is 24.0 Å². The molecule has 0 saturated carbocycles. The van der Waals surface area contributed by atoms with Crippen LogP contribution in [0.15, 0.2) is 36.7 Å². The molecule has 1 aromatic carbocycles. The average molecular weight is 243 g/mol. The van der Waals surface area contributed by atoms with E-state index in [1.54, 1.807) is 12.4 Å². The Morgan fingerprint density at radius 2 is 2.11 bits per heavy atom. The smallest absolute Gasteiger partial charge is 0.238 e. The SMILES string of the molecule is CC(C)c1cccc(Oc2cncc(CN)n2)c1. The third-order valence-electron chi connectivity index (χ3n) is 2.62. The summed E-state index contributed by atoms with van der Waals surface area (Å²) in [5.74, 6) is 1.71. The molecule has 1 aromatic heterocycles. The highest BCUT2D eigenvalue weighted by Crippen LogP contribution is 2.23. The molecule has 0 radical (unpaired) electrons. The molecule has 0 saturated heterocycles. The second-order valence-corrected chi connectivity index (χ2v) is 4.38. The van der Waals surface area contributed by atoms with E-state index in [4.69, 9.17) is 10.5 Å². The van der Waals surface area contributed by atoms with Crippen LogP contribution >= 0.6 is 0 Å². The van der Waals surface area contributed by atoms with Gasteiger partial charge in [0.1, 0.15) is 5.75 Å². The van der Waals surface area contributed by atoms with Crippen molar-refractivity contribution in [3.63, 3.8) is 0 Å². The topological polar surface area (TPSA) is 61.0 Å². The number of ether oxygens (including phenoxy) is 1. The van der Waals surface area contributed by atoms with E-state index in [9.17, 15) is 0 Å². The molecule has 0 aliphatic rings. The third-order valence-corrected chi connectivity index (χ3v) is 2.62. The van der Waals surface area contributed by atoms with Crippen LogP contribution in [-0.4, -0.2) is 9.97 Å². The molecule has 2 rings (SSSR count). The highest BCUT2D eigenvalue weighted by atomic mass is 16.5. The van der Waals surface area contributed by atoms with Gasteiger partial charge in [0, 0.05) is 12.7 Å². The highest BCUT2D eigenvalue weighted by molar-refractivity contribution is 5.32. The molecule has 2 N–H and O–H groups in total. The molecule has 4 nitrogen and oxygen atoms in total. The summed E-state index contributed by atoms with van der Waals surface area (Å²) < 4.78 is 5.68. The quantitative estimate of drug-likeness (QED) is 0.897. The minimum atomic E-state index is 0.357. The Morgan fingerprint density at radius 3 is 2.83 bits per heavy atom. The van der Waals surface area contributed by atoms with Crippen molar-refractivity contribution in [3.8, 4) is 11.6 Å². The average Bonchev–Trinajstić information content (AvgIpc) is 2.39. The predicted octanol–water partition coefficient (Wildman–Crippen LogP) is 2.85. The van der Waals surface area contributed by atoms with Gasteiger partial charge in [-0.05, 0) is 23.6 Å². The van der Waals surface area contributed by atoms with Crippen LogP contribution in [-0.2, 0) is 6.54 Å². The van der Waals surface area contributed by atoms with E-state index in [1.165, 1.54) is 5.56 Å². The summed E-state index contributed by atoms with van der Waals surface area (Å²) in [6, 6.07) is 7.98. The lowest BCUT2D eigenvalue weighted by molar-refractivity contribution is 0.456. The normalized spacial score (nSPS) is 10.7. The van der Waals surface area contributed by atoms with Crippen molar-refractivity contribution in [3.05, 3.63) is 47.9 Å². The second kappa shape index (κ2) is 5.60. The van der Waals surface area contributed by atoms with Gasteiger partial charge in [-0.1, -0.05) is 26.0 Å². The molecule has 2 aromatic rings. The van der Waals surface area contributed by atoms with Crippen LogP contribution in [0.3, 0.4) is 0 Å². The lowest BCUT2D eigenvalue weighted by atomic mass is 10.0. The maximum atomic E-state index is 5.68. The second-order valence-electron chi connectivity index (χ2n) is 4.38. The molecular weight excluding hydrogens is 226 g/mol. The van der Waals surface area contributed by atoms with E-state index >= 15 is 0 Å². The zero-order valence-electron chi connectivity index (χ0n) is 10.6. The molecule has 0 bridgehead atoms. The third kappa shape index (κ3) is 3.05. The van der Waals surface area contributed by atoms with Gasteiger partial charge >= 0.3 is 0 Å². The highest BCUT2D eigenvalue weighted by Gasteiger charge is 2.04. The first-order chi connectivity index (χ1) is 8.69. The Bertz CT molecular complexity index is 526. The maximum Gasteiger partial charge on any atom is 0.238 e. The number of nitrogens with two attached hydrogens (primary N) is 1. The molecule has 0 amide bonds. The Morgan fingerprint density at radius 1 is 1.28 bits per heavy atom. The molecule has 18 heavy (non-hydrogen) atoms. The molecule has 0 aliphatic carbocycles. The Balaban J connectivity index is 2.20. The van der Waals surface area contributed by atoms with Crippen LogP contribution in [0.1, 0.15) is 31.0 Å². The summed E-state index contributed by atoms with van der Waals surface area (Å²) in [6.07, 6.45) is 3.22. The molecule has 0 unspecified atom stereocenters. The summed E-state index contributed by atoms with van der Waals surface area (Å²) in [5.41, 5.74) is 7.47. The summed E-state index contributed by atoms with van der Waals surface area (Å²) >= 11 is 0. The van der Waals surface area contributed by atoms with Gasteiger partial charge in [0.2, 0.25) is 5.88 Å². The number of nitrogens with zero attached hydrogens (tertiary/aromatic N) is 2. The molecule has 0 spiro atoms. The van der Waals surface area contributed by atoms with Crippen LogP contribution in [0, 0.1) is 0 Å². The maximum absolute atomic E-state index is 5.68. The van der Waals surface area contributed by atoms with E-state index < -0.39 is 0 Å². The van der Waals surface area contributed by atoms with E-state index in [-0.39, 0.29) is 0 Å². The number of aromatic nitrogens is 2. The van der Waals surface area contributed by atoms with Crippen LogP contribution in [0.5, 0.6) is 11.6 Å².